The molecule has 1 saturated heterocycles. The molecule has 4 nitrogen and oxygen atoms in total. The molecule has 5 heteroatoms. The van der Waals surface area contributed by atoms with E-state index in [0.717, 1.165) is 37.6 Å². The fourth-order valence-corrected chi connectivity index (χ4v) is 4.59. The minimum atomic E-state index is -0.443. The lowest BCUT2D eigenvalue weighted by atomic mass is 9.74. The molecule has 138 valence electrons. The number of esters is 1. The van der Waals surface area contributed by atoms with Crippen molar-refractivity contribution in [1.29, 1.82) is 0 Å². The minimum Gasteiger partial charge on any atom is -0.534 e. The summed E-state index contributed by atoms with van der Waals surface area (Å²) in [5.74, 6) is 1.37. The average Bonchev–Trinajstić information content (AvgIpc) is 3.26. The van der Waals surface area contributed by atoms with Crippen LogP contribution in [-0.4, -0.2) is 25.8 Å². The Balaban J connectivity index is 1.37. The van der Waals surface area contributed by atoms with Gasteiger partial charge in [0.25, 0.3) is 0 Å². The van der Waals surface area contributed by atoms with E-state index in [1.807, 2.05) is 13.8 Å². The Kier molecular flexibility index (Phi) is 4.18. The van der Waals surface area contributed by atoms with Crippen LogP contribution in [0.15, 0.2) is 36.6 Å². The molecule has 0 radical (unpaired) electrons. The van der Waals surface area contributed by atoms with Crippen molar-refractivity contribution in [2.75, 3.05) is 7.11 Å². The third-order valence-corrected chi connectivity index (χ3v) is 6.66. The highest BCUT2D eigenvalue weighted by molar-refractivity contribution is 6.62. The number of hydrogen-bond donors (Lipinski definition) is 0. The normalized spacial score (nSPS) is 32.4. The van der Waals surface area contributed by atoms with Gasteiger partial charge in [0.05, 0.1) is 18.8 Å². The van der Waals surface area contributed by atoms with Crippen molar-refractivity contribution in [2.24, 2.45) is 11.3 Å². The van der Waals surface area contributed by atoms with E-state index < -0.39 is 5.60 Å². The van der Waals surface area contributed by atoms with Gasteiger partial charge in [-0.1, -0.05) is 30.8 Å². The first-order valence-electron chi connectivity index (χ1n) is 9.56. The predicted molar refractivity (Wildman–Crippen MR) is 101 cm³/mol. The number of carbonyl (C=O) groups excluding carboxylic acids is 1. The van der Waals surface area contributed by atoms with Crippen LogP contribution in [0.3, 0.4) is 0 Å². The second-order valence-corrected chi connectivity index (χ2v) is 8.58. The predicted octanol–water partition coefficient (Wildman–Crippen LogP) is 3.56. The minimum absolute atomic E-state index is 0.0196. The molecule has 1 atom stereocenters. The van der Waals surface area contributed by atoms with Crippen LogP contribution in [-0.2, 0) is 18.8 Å². The Hall–Kier alpha value is -1.75. The van der Waals surface area contributed by atoms with Crippen molar-refractivity contribution >= 4 is 18.6 Å². The van der Waals surface area contributed by atoms with Gasteiger partial charge in [-0.3, -0.25) is 4.79 Å². The maximum absolute atomic E-state index is 11.8. The molecule has 1 heterocycles. The highest BCUT2D eigenvalue weighted by Crippen LogP contribution is 2.63. The smallest absolute Gasteiger partial charge is 0.534 e. The molecule has 0 N–H and O–H groups in total. The number of hydrogen-bond acceptors (Lipinski definition) is 4. The molecule has 26 heavy (non-hydrogen) atoms. The number of methoxy groups -OCH3 is 1. The van der Waals surface area contributed by atoms with Crippen LogP contribution >= 0.6 is 0 Å². The largest absolute Gasteiger partial charge is 0.563 e. The highest BCUT2D eigenvalue weighted by atomic mass is 16.7. The van der Waals surface area contributed by atoms with Crippen molar-refractivity contribution in [2.45, 2.75) is 57.5 Å². The lowest BCUT2D eigenvalue weighted by Crippen LogP contribution is -2.34. The quantitative estimate of drug-likeness (QED) is 0.615. The molecule has 0 amide bonds. The molecule has 1 spiro atoms. The van der Waals surface area contributed by atoms with Gasteiger partial charge in [-0.15, -0.1) is 0 Å². The van der Waals surface area contributed by atoms with Crippen molar-refractivity contribution in [1.82, 2.24) is 0 Å². The van der Waals surface area contributed by atoms with Crippen molar-refractivity contribution in [3.63, 3.8) is 0 Å². The maximum Gasteiger partial charge on any atom is 0.563 e. The molecular formula is C21H27BO4. The van der Waals surface area contributed by atoms with Crippen LogP contribution in [0, 0.1) is 11.3 Å². The van der Waals surface area contributed by atoms with E-state index in [4.69, 9.17) is 14.0 Å². The summed E-state index contributed by atoms with van der Waals surface area (Å²) in [5.41, 5.74) is 2.19. The summed E-state index contributed by atoms with van der Waals surface area (Å²) in [6.07, 6.45) is 5.56. The lowest BCUT2D eigenvalue weighted by Gasteiger charge is -2.29. The second-order valence-electron chi connectivity index (χ2n) is 8.58. The van der Waals surface area contributed by atoms with Gasteiger partial charge < -0.3 is 14.0 Å². The molecule has 2 saturated carbocycles. The van der Waals surface area contributed by atoms with Gasteiger partial charge in [-0.05, 0) is 68.3 Å². The summed E-state index contributed by atoms with van der Waals surface area (Å²) in [7, 11) is 1.13. The Morgan fingerprint density at radius 2 is 1.88 bits per heavy atom. The van der Waals surface area contributed by atoms with E-state index >= 15 is 0 Å². The van der Waals surface area contributed by atoms with Gasteiger partial charge in [-0.2, -0.15) is 0 Å². The van der Waals surface area contributed by atoms with E-state index in [2.05, 4.69) is 30.8 Å². The maximum atomic E-state index is 11.8. The zero-order valence-electron chi connectivity index (χ0n) is 15.9. The third kappa shape index (κ3) is 2.96. The van der Waals surface area contributed by atoms with E-state index in [9.17, 15) is 4.79 Å². The van der Waals surface area contributed by atoms with Crippen LogP contribution in [0.1, 0.15) is 57.4 Å². The van der Waals surface area contributed by atoms with E-state index in [-0.39, 0.29) is 24.4 Å². The zero-order valence-corrected chi connectivity index (χ0v) is 15.9. The van der Waals surface area contributed by atoms with Gasteiger partial charge in [0.2, 0.25) is 0 Å². The van der Waals surface area contributed by atoms with Crippen LogP contribution in [0.4, 0.5) is 0 Å². The van der Waals surface area contributed by atoms with Crippen molar-refractivity contribution < 1.29 is 18.8 Å². The summed E-state index contributed by atoms with van der Waals surface area (Å²) in [4.78, 5) is 11.8. The van der Waals surface area contributed by atoms with Crippen LogP contribution in [0.5, 0.6) is 0 Å². The molecule has 3 aliphatic rings. The summed E-state index contributed by atoms with van der Waals surface area (Å²) >= 11 is 0. The van der Waals surface area contributed by atoms with E-state index in [1.54, 1.807) is 0 Å². The SMILES string of the molecule is C=C1OB(c2ccc(C3CCC4(CC3)CC4C(=O)OC)cc2)OC1(C)C. The standard InChI is InChI=1S/C21H27BO4/c1-14-20(2,3)26-22(25-14)17-7-5-15(6-8-17)16-9-11-21(12-10-16)13-18(21)19(23)24-4/h5-8,16,18H,1,9-13H2,2-4H3. The van der Waals surface area contributed by atoms with E-state index in [1.165, 1.54) is 12.7 Å². The first kappa shape index (κ1) is 17.7. The monoisotopic (exact) mass is 354 g/mol. The number of rotatable bonds is 3. The average molecular weight is 354 g/mol. The molecule has 1 aliphatic heterocycles. The van der Waals surface area contributed by atoms with Crippen molar-refractivity contribution in [3.8, 4) is 0 Å². The van der Waals surface area contributed by atoms with Crippen LogP contribution in [0.25, 0.3) is 0 Å². The topological polar surface area (TPSA) is 44.8 Å². The van der Waals surface area contributed by atoms with Gasteiger partial charge >= 0.3 is 13.1 Å². The highest BCUT2D eigenvalue weighted by Gasteiger charge is 2.59. The summed E-state index contributed by atoms with van der Waals surface area (Å²) in [6.45, 7) is 7.88. The summed E-state index contributed by atoms with van der Waals surface area (Å²) in [5, 5.41) is 0. The van der Waals surface area contributed by atoms with E-state index in [0.29, 0.717) is 11.7 Å². The molecule has 1 aromatic rings. The Labute approximate surface area is 156 Å². The van der Waals surface area contributed by atoms with Crippen LogP contribution in [0.2, 0.25) is 0 Å². The Morgan fingerprint density at radius 3 is 2.42 bits per heavy atom. The molecular weight excluding hydrogens is 327 g/mol. The summed E-state index contributed by atoms with van der Waals surface area (Å²) < 4.78 is 16.6. The van der Waals surface area contributed by atoms with Gasteiger partial charge in [0, 0.05) is 0 Å². The molecule has 0 aromatic heterocycles. The third-order valence-electron chi connectivity index (χ3n) is 6.66. The molecule has 3 fully saturated rings. The first-order valence-corrected chi connectivity index (χ1v) is 9.56. The number of carbonyl (C=O) groups is 1. The second kappa shape index (κ2) is 6.16. The zero-order chi connectivity index (χ0) is 18.5. The van der Waals surface area contributed by atoms with Crippen molar-refractivity contribution in [3.05, 3.63) is 42.2 Å². The molecule has 0 bridgehead atoms. The summed E-state index contributed by atoms with van der Waals surface area (Å²) in [6, 6.07) is 8.60. The Morgan fingerprint density at radius 1 is 1.23 bits per heavy atom. The van der Waals surface area contributed by atoms with Crippen LogP contribution < -0.4 is 5.46 Å². The number of benzene rings is 1. The van der Waals surface area contributed by atoms with Gasteiger partial charge in [-0.25, -0.2) is 0 Å². The lowest BCUT2D eigenvalue weighted by molar-refractivity contribution is -0.143. The molecule has 4 rings (SSSR count). The fourth-order valence-electron chi connectivity index (χ4n) is 4.59. The first-order chi connectivity index (χ1) is 12.3. The molecule has 2 aliphatic carbocycles. The fraction of sp³-hybridized carbons (Fsp3) is 0.571. The molecule has 1 unspecified atom stereocenters. The molecule has 1 aromatic carbocycles. The van der Waals surface area contributed by atoms with Gasteiger partial charge in [0.1, 0.15) is 5.60 Å². The number of ether oxygens (including phenoxy) is 1. The van der Waals surface area contributed by atoms with Gasteiger partial charge in [0.15, 0.2) is 0 Å². The Bertz CT molecular complexity index is 716.